The molecule has 2 rings (SSSR count). The van der Waals surface area contributed by atoms with Crippen molar-refractivity contribution >= 4 is 17.4 Å². The quantitative estimate of drug-likeness (QED) is 0.744. The van der Waals surface area contributed by atoms with Gasteiger partial charge in [-0.1, -0.05) is 37.6 Å². The van der Waals surface area contributed by atoms with E-state index in [4.69, 9.17) is 11.6 Å². The van der Waals surface area contributed by atoms with E-state index >= 15 is 0 Å². The Morgan fingerprint density at radius 1 is 1.33 bits per heavy atom. The molecule has 3 heteroatoms. The van der Waals surface area contributed by atoms with Crippen molar-refractivity contribution in [3.8, 4) is 0 Å². The Hall–Kier alpha value is -0.860. The monoisotopic (exact) mass is 307 g/mol. The lowest BCUT2D eigenvalue weighted by atomic mass is 9.75. The molecule has 1 aromatic carbocycles. The van der Waals surface area contributed by atoms with Crippen molar-refractivity contribution in [3.05, 3.63) is 34.9 Å². The molecule has 2 nitrogen and oxygen atoms in total. The normalized spacial score (nSPS) is 20.5. The van der Waals surface area contributed by atoms with E-state index in [-0.39, 0.29) is 11.8 Å². The highest BCUT2D eigenvalue weighted by Gasteiger charge is 2.32. The summed E-state index contributed by atoms with van der Waals surface area (Å²) in [5.41, 5.74) is 1.16. The summed E-state index contributed by atoms with van der Waals surface area (Å²) >= 11 is 5.99. The van der Waals surface area contributed by atoms with Crippen molar-refractivity contribution in [1.29, 1.82) is 0 Å². The molecule has 0 spiro atoms. The van der Waals surface area contributed by atoms with E-state index in [1.807, 2.05) is 19.1 Å². The first-order valence-corrected chi connectivity index (χ1v) is 8.20. The van der Waals surface area contributed by atoms with Gasteiger partial charge < -0.3 is 0 Å². The van der Waals surface area contributed by atoms with Crippen LogP contribution in [0.1, 0.15) is 56.8 Å². The molecule has 116 valence electrons. The average Bonchev–Trinajstić information content (AvgIpc) is 2.45. The van der Waals surface area contributed by atoms with Crippen molar-refractivity contribution in [2.45, 2.75) is 58.5 Å². The fraction of sp³-hybridized carbons (Fsp3) is 0.611. The smallest absolute Gasteiger partial charge is 0.179 e. The lowest BCUT2D eigenvalue weighted by Crippen LogP contribution is -2.45. The van der Waals surface area contributed by atoms with Gasteiger partial charge >= 0.3 is 0 Å². The number of Topliss-reactive ketones (excluding diaryl/α,β-unsaturated/α-hetero) is 1. The fourth-order valence-corrected chi connectivity index (χ4v) is 3.37. The summed E-state index contributed by atoms with van der Waals surface area (Å²) < 4.78 is 0. The molecule has 0 bridgehead atoms. The molecule has 0 heterocycles. The molecule has 0 N–H and O–H groups in total. The molecule has 1 saturated carbocycles. The predicted octanol–water partition coefficient (Wildman–Crippen LogP) is 4.81. The van der Waals surface area contributed by atoms with Crippen molar-refractivity contribution in [1.82, 2.24) is 4.90 Å². The Balaban J connectivity index is 2.02. The number of hydrogen-bond acceptors (Lipinski definition) is 2. The Kier molecular flexibility index (Phi) is 5.11. The average molecular weight is 308 g/mol. The van der Waals surface area contributed by atoms with Crippen molar-refractivity contribution in [2.75, 3.05) is 7.05 Å². The zero-order chi connectivity index (χ0) is 15.6. The molecular formula is C18H26ClNO. The van der Waals surface area contributed by atoms with E-state index in [0.29, 0.717) is 22.0 Å². The standard InChI is InChI=1S/C18H26ClNO/c1-13(17(21)14-6-5-7-15(19)12-14)20(4)16-8-10-18(2,3)11-9-16/h5-7,12-13,16H,8-11H2,1-4H3. The zero-order valence-corrected chi connectivity index (χ0v) is 14.3. The van der Waals surface area contributed by atoms with Gasteiger partial charge in [-0.3, -0.25) is 9.69 Å². The van der Waals surface area contributed by atoms with E-state index < -0.39 is 0 Å². The third-order valence-corrected chi connectivity index (χ3v) is 5.22. The summed E-state index contributed by atoms with van der Waals surface area (Å²) in [5.74, 6) is 0.157. The minimum absolute atomic E-state index is 0.102. The van der Waals surface area contributed by atoms with Crippen molar-refractivity contribution in [3.63, 3.8) is 0 Å². The van der Waals surface area contributed by atoms with Crippen LogP contribution in [-0.2, 0) is 0 Å². The van der Waals surface area contributed by atoms with Crippen LogP contribution >= 0.6 is 11.6 Å². The molecule has 0 amide bonds. The number of carbonyl (C=O) groups excluding carboxylic acids is 1. The molecule has 1 aliphatic carbocycles. The third-order valence-electron chi connectivity index (χ3n) is 4.98. The van der Waals surface area contributed by atoms with Crippen LogP contribution < -0.4 is 0 Å². The van der Waals surface area contributed by atoms with Crippen LogP contribution in [0.5, 0.6) is 0 Å². The Labute approximate surface area is 133 Å². The highest BCUT2D eigenvalue weighted by Crippen LogP contribution is 2.37. The van der Waals surface area contributed by atoms with Gasteiger partial charge in [-0.25, -0.2) is 0 Å². The first-order valence-electron chi connectivity index (χ1n) is 7.82. The maximum atomic E-state index is 12.6. The van der Waals surface area contributed by atoms with Crippen LogP contribution in [0.4, 0.5) is 0 Å². The van der Waals surface area contributed by atoms with Crippen LogP contribution in [0.3, 0.4) is 0 Å². The number of rotatable bonds is 4. The minimum Gasteiger partial charge on any atom is -0.294 e. The molecule has 0 radical (unpaired) electrons. The number of likely N-dealkylation sites (N-methyl/N-ethyl adjacent to an activating group) is 1. The third kappa shape index (κ3) is 4.08. The maximum absolute atomic E-state index is 12.6. The van der Waals surface area contributed by atoms with Gasteiger partial charge in [-0.05, 0) is 57.2 Å². The van der Waals surface area contributed by atoms with Gasteiger partial charge in [0.1, 0.15) is 0 Å². The lowest BCUT2D eigenvalue weighted by Gasteiger charge is -2.40. The van der Waals surface area contributed by atoms with Gasteiger partial charge in [0, 0.05) is 16.6 Å². The topological polar surface area (TPSA) is 20.3 Å². The highest BCUT2D eigenvalue weighted by atomic mass is 35.5. The zero-order valence-electron chi connectivity index (χ0n) is 13.5. The predicted molar refractivity (Wildman–Crippen MR) is 89.0 cm³/mol. The summed E-state index contributed by atoms with van der Waals surface area (Å²) in [7, 11) is 2.08. The van der Waals surface area contributed by atoms with Gasteiger partial charge in [0.2, 0.25) is 0 Å². The van der Waals surface area contributed by atoms with Crippen LogP contribution in [0.15, 0.2) is 24.3 Å². The SMILES string of the molecule is CC(C(=O)c1cccc(Cl)c1)N(C)C1CCC(C)(C)CC1. The van der Waals surface area contributed by atoms with Crippen LogP contribution in [-0.4, -0.2) is 29.8 Å². The van der Waals surface area contributed by atoms with Crippen LogP contribution in [0, 0.1) is 5.41 Å². The second kappa shape index (κ2) is 6.50. The van der Waals surface area contributed by atoms with Crippen molar-refractivity contribution < 1.29 is 4.79 Å². The fourth-order valence-electron chi connectivity index (χ4n) is 3.18. The molecule has 0 aromatic heterocycles. The van der Waals surface area contributed by atoms with Gasteiger partial charge in [-0.15, -0.1) is 0 Å². The molecule has 1 atom stereocenters. The number of nitrogens with zero attached hydrogens (tertiary/aromatic N) is 1. The largest absolute Gasteiger partial charge is 0.294 e. The second-order valence-electron chi connectivity index (χ2n) is 7.11. The number of ketones is 1. The molecule has 21 heavy (non-hydrogen) atoms. The number of benzene rings is 1. The van der Waals surface area contributed by atoms with Gasteiger partial charge in [0.25, 0.3) is 0 Å². The molecule has 1 fully saturated rings. The molecule has 1 aromatic rings. The Bertz CT molecular complexity index is 502. The van der Waals surface area contributed by atoms with Gasteiger partial charge in [0.15, 0.2) is 5.78 Å². The molecule has 0 saturated heterocycles. The summed E-state index contributed by atoms with van der Waals surface area (Å²) in [5, 5.41) is 0.620. The van der Waals surface area contributed by atoms with E-state index in [9.17, 15) is 4.79 Å². The summed E-state index contributed by atoms with van der Waals surface area (Å²) in [4.78, 5) is 14.9. The molecular weight excluding hydrogens is 282 g/mol. The first kappa shape index (κ1) is 16.5. The number of carbonyl (C=O) groups is 1. The number of hydrogen-bond donors (Lipinski definition) is 0. The van der Waals surface area contributed by atoms with Crippen LogP contribution in [0.2, 0.25) is 5.02 Å². The maximum Gasteiger partial charge on any atom is 0.179 e. The van der Waals surface area contributed by atoms with E-state index in [1.54, 1.807) is 12.1 Å². The van der Waals surface area contributed by atoms with E-state index in [1.165, 1.54) is 25.7 Å². The van der Waals surface area contributed by atoms with Crippen molar-refractivity contribution in [2.24, 2.45) is 5.41 Å². The summed E-state index contributed by atoms with van der Waals surface area (Å²) in [6.07, 6.45) is 4.83. The molecule has 1 unspecified atom stereocenters. The number of halogens is 1. The minimum atomic E-state index is -0.102. The molecule has 0 aliphatic heterocycles. The first-order chi connectivity index (χ1) is 9.80. The lowest BCUT2D eigenvalue weighted by molar-refractivity contribution is 0.0700. The molecule has 1 aliphatic rings. The second-order valence-corrected chi connectivity index (χ2v) is 7.55. The Morgan fingerprint density at radius 2 is 1.95 bits per heavy atom. The van der Waals surface area contributed by atoms with Gasteiger partial charge in [-0.2, -0.15) is 0 Å². The summed E-state index contributed by atoms with van der Waals surface area (Å²) in [6, 6.07) is 7.66. The van der Waals surface area contributed by atoms with Crippen LogP contribution in [0.25, 0.3) is 0 Å². The Morgan fingerprint density at radius 3 is 2.52 bits per heavy atom. The summed E-state index contributed by atoms with van der Waals surface area (Å²) in [6.45, 7) is 6.68. The van der Waals surface area contributed by atoms with E-state index in [0.717, 1.165) is 0 Å². The van der Waals surface area contributed by atoms with Gasteiger partial charge in [0.05, 0.1) is 6.04 Å². The van der Waals surface area contributed by atoms with E-state index in [2.05, 4.69) is 25.8 Å². The highest BCUT2D eigenvalue weighted by molar-refractivity contribution is 6.31.